The van der Waals surface area contributed by atoms with Crippen LogP contribution in [0.5, 0.6) is 0 Å². The van der Waals surface area contributed by atoms with Crippen LogP contribution in [-0.2, 0) is 20.0 Å². The average molecular weight is 384 g/mol. The summed E-state index contributed by atoms with van der Waals surface area (Å²) in [6, 6.07) is 10.1. The van der Waals surface area contributed by atoms with Crippen LogP contribution < -0.4 is 4.72 Å². The molecule has 2 aromatic rings. The van der Waals surface area contributed by atoms with E-state index >= 15 is 0 Å². The zero-order valence-corrected chi connectivity index (χ0v) is 15.0. The second-order valence-corrected chi connectivity index (χ2v) is 9.08. The number of benzene rings is 2. The Morgan fingerprint density at radius 1 is 0.960 bits per heavy atom. The van der Waals surface area contributed by atoms with E-state index in [-0.39, 0.29) is 21.0 Å². The Morgan fingerprint density at radius 2 is 1.56 bits per heavy atom. The summed E-state index contributed by atoms with van der Waals surface area (Å²) in [5, 5.41) is 8.94. The maximum absolute atomic E-state index is 12.3. The molecule has 25 heavy (non-hydrogen) atoms. The van der Waals surface area contributed by atoms with Crippen LogP contribution in [0.15, 0.2) is 58.3 Å². The highest BCUT2D eigenvalue weighted by Crippen LogP contribution is 2.20. The second-order valence-electron chi connectivity index (χ2n) is 5.25. The Balaban J connectivity index is 2.30. The minimum Gasteiger partial charge on any atom is -0.478 e. The molecule has 8 nitrogen and oxygen atoms in total. The first-order valence-electron chi connectivity index (χ1n) is 6.93. The van der Waals surface area contributed by atoms with Crippen molar-refractivity contribution in [3.05, 3.63) is 54.1 Å². The van der Waals surface area contributed by atoms with E-state index in [1.807, 2.05) is 0 Å². The summed E-state index contributed by atoms with van der Waals surface area (Å²) in [7, 11) is -4.84. The van der Waals surface area contributed by atoms with Crippen LogP contribution in [0.3, 0.4) is 0 Å². The van der Waals surface area contributed by atoms with Gasteiger partial charge in [0, 0.05) is 19.8 Å². The summed E-state index contributed by atoms with van der Waals surface area (Å²) in [4.78, 5) is 10.8. The maximum Gasteiger partial charge on any atom is 0.335 e. The number of hydrogen-bond donors (Lipinski definition) is 2. The van der Waals surface area contributed by atoms with E-state index in [2.05, 4.69) is 4.72 Å². The van der Waals surface area contributed by atoms with Crippen molar-refractivity contribution in [2.45, 2.75) is 9.79 Å². The molecule has 134 valence electrons. The van der Waals surface area contributed by atoms with Gasteiger partial charge in [-0.25, -0.2) is 25.9 Å². The summed E-state index contributed by atoms with van der Waals surface area (Å²) >= 11 is 0. The van der Waals surface area contributed by atoms with Gasteiger partial charge in [0.2, 0.25) is 10.0 Å². The SMILES string of the molecule is CN(C)S(=O)(=O)c1ccc(NS(=O)(=O)c2cccc(C(=O)O)c2)cc1. The normalized spacial score (nSPS) is 12.1. The highest BCUT2D eigenvalue weighted by atomic mass is 32.2. The molecule has 0 saturated carbocycles. The molecule has 0 saturated heterocycles. The lowest BCUT2D eigenvalue weighted by atomic mass is 10.2. The third kappa shape index (κ3) is 4.16. The number of sulfonamides is 2. The highest BCUT2D eigenvalue weighted by molar-refractivity contribution is 7.92. The molecule has 0 heterocycles. The molecule has 0 atom stereocenters. The molecule has 0 aromatic heterocycles. The minimum absolute atomic E-state index is 0.0216. The number of anilines is 1. The molecule has 0 aliphatic heterocycles. The predicted molar refractivity (Wildman–Crippen MR) is 91.5 cm³/mol. The molecule has 0 radical (unpaired) electrons. The lowest BCUT2D eigenvalue weighted by Gasteiger charge is -2.12. The number of carboxylic acid groups (broad SMARTS) is 1. The van der Waals surface area contributed by atoms with Gasteiger partial charge < -0.3 is 5.11 Å². The fraction of sp³-hybridized carbons (Fsp3) is 0.133. The topological polar surface area (TPSA) is 121 Å². The van der Waals surface area contributed by atoms with E-state index in [0.29, 0.717) is 0 Å². The van der Waals surface area contributed by atoms with Gasteiger partial charge in [-0.3, -0.25) is 4.72 Å². The van der Waals surface area contributed by atoms with Crippen molar-refractivity contribution >= 4 is 31.7 Å². The van der Waals surface area contributed by atoms with E-state index in [9.17, 15) is 21.6 Å². The number of nitrogens with zero attached hydrogens (tertiary/aromatic N) is 1. The van der Waals surface area contributed by atoms with Crippen LogP contribution in [0.25, 0.3) is 0 Å². The molecule has 10 heteroatoms. The van der Waals surface area contributed by atoms with Crippen LogP contribution in [0.4, 0.5) is 5.69 Å². The molecule has 0 amide bonds. The van der Waals surface area contributed by atoms with Gasteiger partial charge in [-0.1, -0.05) is 6.07 Å². The number of carbonyl (C=O) groups is 1. The molecule has 0 bridgehead atoms. The number of hydrogen-bond acceptors (Lipinski definition) is 5. The van der Waals surface area contributed by atoms with E-state index in [1.165, 1.54) is 56.6 Å². The number of aromatic carboxylic acids is 1. The Morgan fingerprint density at radius 3 is 2.08 bits per heavy atom. The fourth-order valence-electron chi connectivity index (χ4n) is 1.92. The van der Waals surface area contributed by atoms with Gasteiger partial charge in [0.05, 0.1) is 15.4 Å². The smallest absolute Gasteiger partial charge is 0.335 e. The third-order valence-electron chi connectivity index (χ3n) is 3.28. The Labute approximate surface area is 145 Å². The highest BCUT2D eigenvalue weighted by Gasteiger charge is 2.19. The quantitative estimate of drug-likeness (QED) is 0.777. The van der Waals surface area contributed by atoms with Gasteiger partial charge in [-0.2, -0.15) is 0 Å². The van der Waals surface area contributed by atoms with E-state index in [0.717, 1.165) is 10.4 Å². The van der Waals surface area contributed by atoms with Crippen molar-refractivity contribution < 1.29 is 26.7 Å². The molecule has 2 rings (SSSR count). The maximum atomic E-state index is 12.3. The van der Waals surface area contributed by atoms with Gasteiger partial charge in [-0.15, -0.1) is 0 Å². The first kappa shape index (κ1) is 18.9. The van der Waals surface area contributed by atoms with Crippen LogP contribution in [0, 0.1) is 0 Å². The van der Waals surface area contributed by atoms with E-state index in [1.54, 1.807) is 0 Å². The number of rotatable bonds is 6. The Hall–Kier alpha value is -2.43. The van der Waals surface area contributed by atoms with Crippen LogP contribution in [0.1, 0.15) is 10.4 Å². The fourth-order valence-corrected chi connectivity index (χ4v) is 3.92. The standard InChI is InChI=1S/C15H16N2O6S2/c1-17(2)25(22,23)13-8-6-12(7-9-13)16-24(20,21)14-5-3-4-11(10-14)15(18)19/h3-10,16H,1-2H3,(H,18,19). The lowest BCUT2D eigenvalue weighted by molar-refractivity contribution is 0.0696. The van der Waals surface area contributed by atoms with Crippen molar-refractivity contribution in [3.63, 3.8) is 0 Å². The van der Waals surface area contributed by atoms with Crippen molar-refractivity contribution in [3.8, 4) is 0 Å². The monoisotopic (exact) mass is 384 g/mol. The van der Waals surface area contributed by atoms with Crippen LogP contribution in [0.2, 0.25) is 0 Å². The largest absolute Gasteiger partial charge is 0.478 e. The molecule has 0 fully saturated rings. The second kappa shape index (κ2) is 6.82. The zero-order chi connectivity index (χ0) is 18.8. The van der Waals surface area contributed by atoms with Crippen LogP contribution >= 0.6 is 0 Å². The van der Waals surface area contributed by atoms with E-state index in [4.69, 9.17) is 5.11 Å². The predicted octanol–water partition coefficient (Wildman–Crippen LogP) is 1.44. The van der Waals surface area contributed by atoms with E-state index < -0.39 is 26.0 Å². The Kier molecular flexibility index (Phi) is 5.16. The molecule has 0 aliphatic carbocycles. The lowest BCUT2D eigenvalue weighted by Crippen LogP contribution is -2.22. The van der Waals surface area contributed by atoms with Crippen molar-refractivity contribution in [1.29, 1.82) is 0 Å². The Bertz CT molecular complexity index is 997. The van der Waals surface area contributed by atoms with Crippen molar-refractivity contribution in [2.24, 2.45) is 0 Å². The van der Waals surface area contributed by atoms with Gasteiger partial charge in [-0.05, 0) is 42.5 Å². The molecule has 2 N–H and O–H groups in total. The molecule has 0 spiro atoms. The van der Waals surface area contributed by atoms with Crippen LogP contribution in [-0.4, -0.2) is 46.3 Å². The number of carboxylic acids is 1. The summed E-state index contributed by atoms with van der Waals surface area (Å²) in [6.45, 7) is 0. The minimum atomic E-state index is -4.01. The summed E-state index contributed by atoms with van der Waals surface area (Å²) in [6.07, 6.45) is 0. The van der Waals surface area contributed by atoms with Gasteiger partial charge in [0.1, 0.15) is 0 Å². The molecule has 0 aliphatic rings. The zero-order valence-electron chi connectivity index (χ0n) is 13.4. The molecule has 0 unspecified atom stereocenters. The van der Waals surface area contributed by atoms with Gasteiger partial charge >= 0.3 is 5.97 Å². The first-order valence-corrected chi connectivity index (χ1v) is 9.85. The van der Waals surface area contributed by atoms with Gasteiger partial charge in [0.15, 0.2) is 0 Å². The third-order valence-corrected chi connectivity index (χ3v) is 6.48. The van der Waals surface area contributed by atoms with Gasteiger partial charge in [0.25, 0.3) is 10.0 Å². The van der Waals surface area contributed by atoms with Crippen molar-refractivity contribution in [2.75, 3.05) is 18.8 Å². The summed E-state index contributed by atoms with van der Waals surface area (Å²) in [5.74, 6) is -1.24. The molecule has 2 aromatic carbocycles. The molecular weight excluding hydrogens is 368 g/mol. The average Bonchev–Trinajstić information content (AvgIpc) is 2.55. The summed E-state index contributed by atoms with van der Waals surface area (Å²) < 4.78 is 52.0. The number of nitrogens with one attached hydrogen (secondary N) is 1. The first-order chi connectivity index (χ1) is 11.5. The van der Waals surface area contributed by atoms with Crippen molar-refractivity contribution in [1.82, 2.24) is 4.31 Å². The summed E-state index contributed by atoms with van der Waals surface area (Å²) in [5.41, 5.74) is -0.00580. The molecular formula is C15H16N2O6S2.